The van der Waals surface area contributed by atoms with Crippen molar-refractivity contribution in [1.29, 1.82) is 0 Å². The van der Waals surface area contributed by atoms with E-state index in [0.29, 0.717) is 12.1 Å². The minimum atomic E-state index is -0.590. The van der Waals surface area contributed by atoms with Crippen molar-refractivity contribution >= 4 is 23.3 Å². The summed E-state index contributed by atoms with van der Waals surface area (Å²) in [7, 11) is 1.36. The number of ether oxygens (including phenoxy) is 1. The highest BCUT2D eigenvalue weighted by Gasteiger charge is 2.07. The van der Waals surface area contributed by atoms with Crippen LogP contribution >= 0.6 is 11.6 Å². The lowest BCUT2D eigenvalue weighted by atomic mass is 10.0. The number of methoxy groups -OCH3 is 1. The molecule has 0 fully saturated rings. The van der Waals surface area contributed by atoms with Crippen molar-refractivity contribution in [3.63, 3.8) is 0 Å². The molecule has 0 bridgehead atoms. The molecular weight excluding hydrogens is 302 g/mol. The van der Waals surface area contributed by atoms with Crippen LogP contribution in [0.4, 0.5) is 5.69 Å². The highest BCUT2D eigenvalue weighted by molar-refractivity contribution is 6.18. The van der Waals surface area contributed by atoms with E-state index in [4.69, 9.17) is 16.3 Å². The highest BCUT2D eigenvalue weighted by atomic mass is 35.5. The third-order valence-electron chi connectivity index (χ3n) is 3.20. The Labute approximate surface area is 134 Å². The van der Waals surface area contributed by atoms with Gasteiger partial charge in [0.15, 0.2) is 0 Å². The van der Waals surface area contributed by atoms with E-state index in [9.17, 15) is 9.90 Å². The summed E-state index contributed by atoms with van der Waals surface area (Å²) in [5, 5.41) is 12.6. The second kappa shape index (κ2) is 7.82. The van der Waals surface area contributed by atoms with E-state index in [-0.39, 0.29) is 11.8 Å². The van der Waals surface area contributed by atoms with E-state index < -0.39 is 6.10 Å². The summed E-state index contributed by atoms with van der Waals surface area (Å²) in [4.78, 5) is 11.6. The second-order valence-corrected chi connectivity index (χ2v) is 5.15. The van der Waals surface area contributed by atoms with Crippen molar-refractivity contribution in [3.8, 4) is 11.1 Å². The predicted molar refractivity (Wildman–Crippen MR) is 88.4 cm³/mol. The van der Waals surface area contributed by atoms with Gasteiger partial charge in [-0.1, -0.05) is 24.3 Å². The zero-order valence-electron chi connectivity index (χ0n) is 12.3. The van der Waals surface area contributed by atoms with Crippen LogP contribution in [0.5, 0.6) is 0 Å². The van der Waals surface area contributed by atoms with Crippen LogP contribution in [0.15, 0.2) is 48.5 Å². The number of carbonyl (C=O) groups excluding carboxylic acids is 1. The zero-order valence-corrected chi connectivity index (χ0v) is 13.0. The first kappa shape index (κ1) is 16.3. The molecule has 0 amide bonds. The molecule has 0 saturated heterocycles. The molecule has 2 rings (SSSR count). The second-order valence-electron chi connectivity index (χ2n) is 4.84. The number of anilines is 1. The van der Waals surface area contributed by atoms with Gasteiger partial charge in [-0.3, -0.25) is 0 Å². The Morgan fingerprint density at radius 2 is 1.91 bits per heavy atom. The lowest BCUT2D eigenvalue weighted by Crippen LogP contribution is -2.20. The zero-order chi connectivity index (χ0) is 15.9. The fourth-order valence-corrected chi connectivity index (χ4v) is 2.15. The summed E-state index contributed by atoms with van der Waals surface area (Å²) in [5.41, 5.74) is 3.28. The van der Waals surface area contributed by atoms with Gasteiger partial charge >= 0.3 is 5.97 Å². The molecule has 0 heterocycles. The van der Waals surface area contributed by atoms with Gasteiger partial charge in [-0.2, -0.15) is 0 Å². The Kier molecular flexibility index (Phi) is 5.81. The molecule has 0 aliphatic rings. The maximum absolute atomic E-state index is 11.6. The van der Waals surface area contributed by atoms with Gasteiger partial charge in [0.25, 0.3) is 0 Å². The van der Waals surface area contributed by atoms with E-state index in [2.05, 4.69) is 5.32 Å². The molecule has 0 spiro atoms. The van der Waals surface area contributed by atoms with E-state index in [0.717, 1.165) is 16.8 Å². The molecule has 116 valence electrons. The SMILES string of the molecule is COC(=O)c1cccc(-c2cccc(NCC(O)CCl)c2)c1. The number of aliphatic hydroxyl groups excluding tert-OH is 1. The predicted octanol–water partition coefficient (Wildman–Crippen LogP) is 3.15. The molecule has 0 aromatic heterocycles. The van der Waals surface area contributed by atoms with Crippen LogP contribution < -0.4 is 5.32 Å². The van der Waals surface area contributed by atoms with E-state index in [1.165, 1.54) is 7.11 Å². The molecule has 5 heteroatoms. The van der Waals surface area contributed by atoms with Gasteiger partial charge in [0, 0.05) is 12.2 Å². The summed E-state index contributed by atoms with van der Waals surface area (Å²) < 4.78 is 4.74. The van der Waals surface area contributed by atoms with E-state index in [1.54, 1.807) is 12.1 Å². The van der Waals surface area contributed by atoms with Gasteiger partial charge in [0.1, 0.15) is 0 Å². The monoisotopic (exact) mass is 319 g/mol. The van der Waals surface area contributed by atoms with Crippen LogP contribution in [0.2, 0.25) is 0 Å². The van der Waals surface area contributed by atoms with Crippen LogP contribution in [0.25, 0.3) is 11.1 Å². The van der Waals surface area contributed by atoms with Crippen LogP contribution in [0.1, 0.15) is 10.4 Å². The van der Waals surface area contributed by atoms with Gasteiger partial charge in [0.2, 0.25) is 0 Å². The Balaban J connectivity index is 2.20. The molecule has 2 N–H and O–H groups in total. The normalized spacial score (nSPS) is 11.8. The van der Waals surface area contributed by atoms with Crippen LogP contribution in [-0.2, 0) is 4.74 Å². The van der Waals surface area contributed by atoms with E-state index in [1.807, 2.05) is 36.4 Å². The minimum absolute atomic E-state index is 0.188. The molecule has 1 unspecified atom stereocenters. The molecule has 4 nitrogen and oxygen atoms in total. The standard InChI is InChI=1S/C17H18ClNO3/c1-22-17(21)14-6-2-4-12(8-14)13-5-3-7-15(9-13)19-11-16(20)10-18/h2-9,16,19-20H,10-11H2,1H3. The average molecular weight is 320 g/mol. The van der Waals surface area contributed by atoms with Crippen LogP contribution in [-0.4, -0.2) is 36.7 Å². The lowest BCUT2D eigenvalue weighted by Gasteiger charge is -2.11. The van der Waals surface area contributed by atoms with Gasteiger partial charge < -0.3 is 15.2 Å². The third kappa shape index (κ3) is 4.23. The number of alkyl halides is 1. The number of nitrogens with one attached hydrogen (secondary N) is 1. The van der Waals surface area contributed by atoms with Crippen molar-refractivity contribution in [1.82, 2.24) is 0 Å². The number of rotatable bonds is 6. The maximum Gasteiger partial charge on any atom is 0.337 e. The van der Waals surface area contributed by atoms with Gasteiger partial charge in [-0.05, 0) is 35.4 Å². The number of carbonyl (C=O) groups is 1. The van der Waals surface area contributed by atoms with Gasteiger partial charge in [-0.25, -0.2) is 4.79 Å². The van der Waals surface area contributed by atoms with E-state index >= 15 is 0 Å². The first-order valence-corrected chi connectivity index (χ1v) is 7.44. The number of benzene rings is 2. The average Bonchev–Trinajstić information content (AvgIpc) is 2.59. The van der Waals surface area contributed by atoms with Crippen molar-refractivity contribution in [3.05, 3.63) is 54.1 Å². The molecule has 1 atom stereocenters. The van der Waals surface area contributed by atoms with Gasteiger partial charge in [0.05, 0.1) is 24.7 Å². The number of halogens is 1. The Hall–Kier alpha value is -2.04. The quantitative estimate of drug-likeness (QED) is 0.634. The smallest absolute Gasteiger partial charge is 0.337 e. The summed E-state index contributed by atoms with van der Waals surface area (Å²) in [5.74, 6) is -0.171. The van der Waals surface area contributed by atoms with Crippen LogP contribution in [0.3, 0.4) is 0 Å². The summed E-state index contributed by atoms with van der Waals surface area (Å²) in [6, 6.07) is 15.0. The number of esters is 1. The Morgan fingerprint density at radius 3 is 2.59 bits per heavy atom. The maximum atomic E-state index is 11.6. The molecule has 2 aromatic rings. The van der Waals surface area contributed by atoms with Crippen LogP contribution in [0, 0.1) is 0 Å². The summed E-state index contributed by atoms with van der Waals surface area (Å²) in [6.07, 6.45) is -0.590. The van der Waals surface area contributed by atoms with Crippen molar-refractivity contribution in [2.75, 3.05) is 24.9 Å². The number of hydrogen-bond acceptors (Lipinski definition) is 4. The van der Waals surface area contributed by atoms with Crippen molar-refractivity contribution in [2.24, 2.45) is 0 Å². The fraction of sp³-hybridized carbons (Fsp3) is 0.235. The molecular formula is C17H18ClNO3. The summed E-state index contributed by atoms with van der Waals surface area (Å²) >= 11 is 5.57. The third-order valence-corrected chi connectivity index (χ3v) is 3.56. The molecule has 0 aliphatic carbocycles. The minimum Gasteiger partial charge on any atom is -0.465 e. The van der Waals surface area contributed by atoms with Crippen molar-refractivity contribution < 1.29 is 14.6 Å². The Morgan fingerprint density at radius 1 is 1.23 bits per heavy atom. The molecule has 22 heavy (non-hydrogen) atoms. The molecule has 0 saturated carbocycles. The number of hydrogen-bond donors (Lipinski definition) is 2. The molecule has 0 aliphatic heterocycles. The summed E-state index contributed by atoms with van der Waals surface area (Å²) in [6.45, 7) is 0.384. The molecule has 0 radical (unpaired) electrons. The largest absolute Gasteiger partial charge is 0.465 e. The Bertz CT molecular complexity index is 645. The highest BCUT2D eigenvalue weighted by Crippen LogP contribution is 2.24. The topological polar surface area (TPSA) is 58.6 Å². The lowest BCUT2D eigenvalue weighted by molar-refractivity contribution is 0.0601. The fourth-order valence-electron chi connectivity index (χ4n) is 2.04. The number of aliphatic hydroxyl groups is 1. The first-order valence-electron chi connectivity index (χ1n) is 6.90. The van der Waals surface area contributed by atoms with Crippen molar-refractivity contribution in [2.45, 2.75) is 6.10 Å². The van der Waals surface area contributed by atoms with Gasteiger partial charge in [-0.15, -0.1) is 11.6 Å². The first-order chi connectivity index (χ1) is 10.6. The molecule has 2 aromatic carbocycles.